The van der Waals surface area contributed by atoms with E-state index in [0.29, 0.717) is 24.6 Å². The third kappa shape index (κ3) is 6.13. The molecule has 5 nitrogen and oxygen atoms in total. The molecule has 1 saturated carbocycles. The van der Waals surface area contributed by atoms with Crippen molar-refractivity contribution in [3.63, 3.8) is 0 Å². The molecule has 1 aromatic carbocycles. The zero-order valence-electron chi connectivity index (χ0n) is 15.3. The lowest BCUT2D eigenvalue weighted by Gasteiger charge is -2.40. The Morgan fingerprint density at radius 2 is 1.88 bits per heavy atom. The quantitative estimate of drug-likeness (QED) is 0.768. The molecule has 2 N–H and O–H groups in total. The minimum Gasteiger partial charge on any atom is -0.445 e. The van der Waals surface area contributed by atoms with E-state index in [9.17, 15) is 4.79 Å². The first-order chi connectivity index (χ1) is 11.4. The standard InChI is InChI=1S/C19H31N3O2/c1-14(2)18(12-22(3)4)20-16-10-17(11-16)21-19(23)24-13-15-8-6-5-7-9-15/h5-9,14,16-18,20H,10-13H2,1-4H3,(H,21,23). The van der Waals surface area contributed by atoms with Crippen molar-refractivity contribution >= 4 is 6.09 Å². The maximum Gasteiger partial charge on any atom is 0.407 e. The Balaban J connectivity index is 1.64. The Bertz CT molecular complexity index is 499. The zero-order chi connectivity index (χ0) is 17.5. The summed E-state index contributed by atoms with van der Waals surface area (Å²) < 4.78 is 5.26. The van der Waals surface area contributed by atoms with E-state index in [0.717, 1.165) is 24.9 Å². The molecule has 1 atom stereocenters. The van der Waals surface area contributed by atoms with Crippen LogP contribution in [-0.2, 0) is 11.3 Å². The minimum atomic E-state index is -0.323. The van der Waals surface area contributed by atoms with Gasteiger partial charge in [-0.05, 0) is 38.4 Å². The van der Waals surface area contributed by atoms with Crippen molar-refractivity contribution in [1.82, 2.24) is 15.5 Å². The van der Waals surface area contributed by atoms with E-state index >= 15 is 0 Å². The highest BCUT2D eigenvalue weighted by atomic mass is 16.5. The first kappa shape index (κ1) is 18.7. The van der Waals surface area contributed by atoms with E-state index in [2.05, 4.69) is 43.5 Å². The molecule has 0 saturated heterocycles. The normalized spacial score (nSPS) is 21.4. The van der Waals surface area contributed by atoms with Gasteiger partial charge in [0.25, 0.3) is 0 Å². The molecular formula is C19H31N3O2. The molecule has 2 rings (SSSR count). The molecule has 1 unspecified atom stereocenters. The van der Waals surface area contributed by atoms with Crippen LogP contribution in [0, 0.1) is 5.92 Å². The van der Waals surface area contributed by atoms with Crippen LogP contribution in [0.2, 0.25) is 0 Å². The Kier molecular flexibility index (Phi) is 7.06. The van der Waals surface area contributed by atoms with Gasteiger partial charge < -0.3 is 20.3 Å². The van der Waals surface area contributed by atoms with Crippen LogP contribution in [0.15, 0.2) is 30.3 Å². The molecule has 0 aliphatic heterocycles. The average Bonchev–Trinajstić information content (AvgIpc) is 2.50. The highest BCUT2D eigenvalue weighted by Crippen LogP contribution is 2.22. The van der Waals surface area contributed by atoms with E-state index in [1.807, 2.05) is 30.3 Å². The summed E-state index contributed by atoms with van der Waals surface area (Å²) in [6.45, 7) is 5.84. The van der Waals surface area contributed by atoms with E-state index in [1.165, 1.54) is 0 Å². The molecule has 5 heteroatoms. The zero-order valence-corrected chi connectivity index (χ0v) is 15.3. The number of carbonyl (C=O) groups is 1. The molecule has 1 aliphatic rings. The Hall–Kier alpha value is -1.59. The Labute approximate surface area is 145 Å². The molecule has 1 amide bonds. The largest absolute Gasteiger partial charge is 0.445 e. The number of hydrogen-bond donors (Lipinski definition) is 2. The number of alkyl carbamates (subject to hydrolysis) is 1. The number of rotatable bonds is 8. The monoisotopic (exact) mass is 333 g/mol. The second-order valence-corrected chi connectivity index (χ2v) is 7.35. The summed E-state index contributed by atoms with van der Waals surface area (Å²) in [7, 11) is 4.20. The number of carbonyl (C=O) groups excluding carboxylic acids is 1. The van der Waals surface area contributed by atoms with Crippen LogP contribution in [0.1, 0.15) is 32.3 Å². The van der Waals surface area contributed by atoms with Crippen molar-refractivity contribution in [1.29, 1.82) is 0 Å². The topological polar surface area (TPSA) is 53.6 Å². The van der Waals surface area contributed by atoms with Crippen molar-refractivity contribution in [2.45, 2.75) is 51.4 Å². The fourth-order valence-electron chi connectivity index (χ4n) is 2.96. The summed E-state index contributed by atoms with van der Waals surface area (Å²) in [5.74, 6) is 0.593. The molecule has 0 aromatic heterocycles. The number of amides is 1. The van der Waals surface area contributed by atoms with Gasteiger partial charge in [0.15, 0.2) is 0 Å². The third-order valence-corrected chi connectivity index (χ3v) is 4.49. The van der Waals surface area contributed by atoms with E-state index in [-0.39, 0.29) is 12.1 Å². The van der Waals surface area contributed by atoms with Crippen LogP contribution in [0.5, 0.6) is 0 Å². The summed E-state index contributed by atoms with van der Waals surface area (Å²) >= 11 is 0. The van der Waals surface area contributed by atoms with Crippen molar-refractivity contribution in [3.8, 4) is 0 Å². The molecule has 0 spiro atoms. The molecule has 1 fully saturated rings. The molecule has 134 valence electrons. The van der Waals surface area contributed by atoms with Gasteiger partial charge in [0, 0.05) is 24.7 Å². The Morgan fingerprint density at radius 3 is 2.46 bits per heavy atom. The summed E-state index contributed by atoms with van der Waals surface area (Å²) in [6, 6.07) is 10.9. The second kappa shape index (κ2) is 9.04. The fraction of sp³-hybridized carbons (Fsp3) is 0.632. The van der Waals surface area contributed by atoms with Gasteiger partial charge >= 0.3 is 6.09 Å². The van der Waals surface area contributed by atoms with Crippen LogP contribution in [-0.4, -0.2) is 49.8 Å². The molecule has 1 aliphatic carbocycles. The average molecular weight is 333 g/mol. The van der Waals surface area contributed by atoms with Crippen molar-refractivity contribution in [2.24, 2.45) is 5.92 Å². The van der Waals surface area contributed by atoms with E-state index in [1.54, 1.807) is 0 Å². The van der Waals surface area contributed by atoms with Gasteiger partial charge in [-0.15, -0.1) is 0 Å². The van der Waals surface area contributed by atoms with E-state index in [4.69, 9.17) is 4.74 Å². The number of benzene rings is 1. The van der Waals surface area contributed by atoms with Gasteiger partial charge in [-0.2, -0.15) is 0 Å². The maximum atomic E-state index is 11.8. The highest BCUT2D eigenvalue weighted by molar-refractivity contribution is 5.67. The smallest absolute Gasteiger partial charge is 0.407 e. The molecule has 0 heterocycles. The van der Waals surface area contributed by atoms with Gasteiger partial charge in [0.05, 0.1) is 0 Å². The number of ether oxygens (including phenoxy) is 1. The van der Waals surface area contributed by atoms with Gasteiger partial charge in [-0.1, -0.05) is 44.2 Å². The number of nitrogens with one attached hydrogen (secondary N) is 2. The lowest BCUT2D eigenvalue weighted by atomic mass is 9.85. The number of nitrogens with zero attached hydrogens (tertiary/aromatic N) is 1. The summed E-state index contributed by atoms with van der Waals surface area (Å²) in [6.07, 6.45) is 1.62. The summed E-state index contributed by atoms with van der Waals surface area (Å²) in [5.41, 5.74) is 1.00. The highest BCUT2D eigenvalue weighted by Gasteiger charge is 2.32. The number of hydrogen-bond acceptors (Lipinski definition) is 4. The minimum absolute atomic E-state index is 0.220. The molecule has 24 heavy (non-hydrogen) atoms. The molecule has 1 aromatic rings. The van der Waals surface area contributed by atoms with Crippen LogP contribution in [0.25, 0.3) is 0 Å². The van der Waals surface area contributed by atoms with Gasteiger partial charge in [0.1, 0.15) is 6.61 Å². The van der Waals surface area contributed by atoms with Crippen molar-refractivity contribution in [3.05, 3.63) is 35.9 Å². The predicted octanol–water partition coefficient (Wildman–Crippen LogP) is 2.62. The van der Waals surface area contributed by atoms with Crippen molar-refractivity contribution < 1.29 is 9.53 Å². The van der Waals surface area contributed by atoms with Crippen LogP contribution in [0.3, 0.4) is 0 Å². The maximum absolute atomic E-state index is 11.8. The van der Waals surface area contributed by atoms with Crippen molar-refractivity contribution in [2.75, 3.05) is 20.6 Å². The molecular weight excluding hydrogens is 302 g/mol. The second-order valence-electron chi connectivity index (χ2n) is 7.35. The first-order valence-electron chi connectivity index (χ1n) is 8.82. The van der Waals surface area contributed by atoms with Gasteiger partial charge in [-0.25, -0.2) is 4.79 Å². The number of likely N-dealkylation sites (N-methyl/N-ethyl adjacent to an activating group) is 1. The SMILES string of the molecule is CC(C)C(CN(C)C)NC1CC(NC(=O)OCc2ccccc2)C1. The third-order valence-electron chi connectivity index (χ3n) is 4.49. The predicted molar refractivity (Wildman–Crippen MR) is 96.9 cm³/mol. The van der Waals surface area contributed by atoms with Crippen LogP contribution < -0.4 is 10.6 Å². The lowest BCUT2D eigenvalue weighted by Crippen LogP contribution is -2.57. The van der Waals surface area contributed by atoms with Gasteiger partial charge in [0.2, 0.25) is 0 Å². The van der Waals surface area contributed by atoms with Crippen LogP contribution >= 0.6 is 0 Å². The Morgan fingerprint density at radius 1 is 1.21 bits per heavy atom. The fourth-order valence-corrected chi connectivity index (χ4v) is 2.96. The summed E-state index contributed by atoms with van der Waals surface area (Å²) in [4.78, 5) is 14.1. The molecule has 0 radical (unpaired) electrons. The van der Waals surface area contributed by atoms with Gasteiger partial charge in [-0.3, -0.25) is 0 Å². The van der Waals surface area contributed by atoms with E-state index < -0.39 is 0 Å². The lowest BCUT2D eigenvalue weighted by molar-refractivity contribution is 0.122. The first-order valence-corrected chi connectivity index (χ1v) is 8.82. The van der Waals surface area contributed by atoms with Crippen LogP contribution in [0.4, 0.5) is 4.79 Å². The summed E-state index contributed by atoms with van der Waals surface area (Å²) in [5, 5.41) is 6.66. The molecule has 0 bridgehead atoms.